The van der Waals surface area contributed by atoms with Crippen LogP contribution >= 0.6 is 11.3 Å². The molecule has 0 bridgehead atoms. The van der Waals surface area contributed by atoms with Crippen LogP contribution in [-0.4, -0.2) is 45.8 Å². The van der Waals surface area contributed by atoms with Crippen LogP contribution in [0.2, 0.25) is 0 Å². The third-order valence-electron chi connectivity index (χ3n) is 2.26. The number of thiophene rings is 1. The molecule has 0 aromatic carbocycles. The van der Waals surface area contributed by atoms with E-state index < -0.39 is 16.3 Å². The molecule has 16 heavy (non-hydrogen) atoms. The number of hydrogen-bond acceptors (Lipinski definition) is 5. The van der Waals surface area contributed by atoms with Gasteiger partial charge in [-0.1, -0.05) is 6.07 Å². The maximum absolute atomic E-state index is 12.0. The highest BCUT2D eigenvalue weighted by Gasteiger charge is 2.26. The Labute approximate surface area is 98.6 Å². The smallest absolute Gasteiger partial charge is 0.252 e. The largest absolute Gasteiger partial charge is 0.349 e. The van der Waals surface area contributed by atoms with Gasteiger partial charge < -0.3 is 9.47 Å². The molecule has 7 heteroatoms. The summed E-state index contributed by atoms with van der Waals surface area (Å²) in [5, 5.41) is 1.74. The second-order valence-corrected chi connectivity index (χ2v) is 6.61. The number of rotatable bonds is 4. The second-order valence-electron chi connectivity index (χ2n) is 3.39. The van der Waals surface area contributed by atoms with E-state index in [4.69, 9.17) is 9.47 Å². The van der Waals surface area contributed by atoms with Crippen molar-refractivity contribution in [3.63, 3.8) is 0 Å². The van der Waals surface area contributed by atoms with Crippen LogP contribution in [0.1, 0.15) is 0 Å². The van der Waals surface area contributed by atoms with Gasteiger partial charge in [0.1, 0.15) is 4.21 Å². The van der Waals surface area contributed by atoms with Crippen LogP contribution in [0.15, 0.2) is 21.7 Å². The van der Waals surface area contributed by atoms with E-state index in [1.54, 1.807) is 17.5 Å². The molecule has 5 nitrogen and oxygen atoms in total. The summed E-state index contributed by atoms with van der Waals surface area (Å²) in [6.07, 6.45) is -0.445. The highest BCUT2D eigenvalue weighted by molar-refractivity contribution is 7.91. The van der Waals surface area contributed by atoms with Crippen LogP contribution in [0.3, 0.4) is 0 Å². The van der Waals surface area contributed by atoms with Gasteiger partial charge in [-0.3, -0.25) is 0 Å². The van der Waals surface area contributed by atoms with Crippen LogP contribution in [0.4, 0.5) is 0 Å². The fourth-order valence-corrected chi connectivity index (χ4v) is 3.74. The molecule has 2 heterocycles. The van der Waals surface area contributed by atoms with Crippen molar-refractivity contribution in [3.05, 3.63) is 17.5 Å². The first kappa shape index (κ1) is 12.0. The fraction of sp³-hybridized carbons (Fsp3) is 0.556. The summed E-state index contributed by atoms with van der Waals surface area (Å²) in [4.78, 5) is 0. The Hall–Kier alpha value is -0.470. The highest BCUT2D eigenvalue weighted by atomic mass is 32.2. The van der Waals surface area contributed by atoms with Crippen molar-refractivity contribution in [2.45, 2.75) is 10.5 Å². The Kier molecular flexibility index (Phi) is 3.60. The third kappa shape index (κ3) is 2.44. The van der Waals surface area contributed by atoms with E-state index in [-0.39, 0.29) is 6.54 Å². The van der Waals surface area contributed by atoms with E-state index >= 15 is 0 Å². The lowest BCUT2D eigenvalue weighted by molar-refractivity contribution is -0.0482. The van der Waals surface area contributed by atoms with Crippen molar-refractivity contribution in [1.82, 2.24) is 4.31 Å². The van der Waals surface area contributed by atoms with Crippen LogP contribution in [0.25, 0.3) is 0 Å². The summed E-state index contributed by atoms with van der Waals surface area (Å²) in [6, 6.07) is 3.31. The average molecular weight is 263 g/mol. The minimum absolute atomic E-state index is 0.222. The first-order valence-electron chi connectivity index (χ1n) is 4.84. The molecular weight excluding hydrogens is 250 g/mol. The van der Waals surface area contributed by atoms with E-state index in [0.717, 1.165) is 0 Å². The van der Waals surface area contributed by atoms with Gasteiger partial charge in [0.05, 0.1) is 19.8 Å². The van der Waals surface area contributed by atoms with Gasteiger partial charge in [-0.15, -0.1) is 11.3 Å². The molecule has 0 atom stereocenters. The molecule has 1 aromatic rings. The van der Waals surface area contributed by atoms with E-state index in [9.17, 15) is 8.42 Å². The van der Waals surface area contributed by atoms with Crippen LogP contribution in [0, 0.1) is 0 Å². The van der Waals surface area contributed by atoms with E-state index in [1.165, 1.54) is 22.7 Å². The first-order valence-corrected chi connectivity index (χ1v) is 7.16. The minimum atomic E-state index is -3.39. The number of likely N-dealkylation sites (N-methyl/N-ethyl adjacent to an activating group) is 1. The van der Waals surface area contributed by atoms with Crippen molar-refractivity contribution in [2.75, 3.05) is 26.8 Å². The molecule has 0 N–H and O–H groups in total. The van der Waals surface area contributed by atoms with Gasteiger partial charge in [-0.25, -0.2) is 8.42 Å². The molecule has 1 saturated heterocycles. The SMILES string of the molecule is CN(CC1OCCO1)S(=O)(=O)c1cccs1. The molecule has 0 saturated carbocycles. The standard InChI is InChI=1S/C9H13NO4S2/c1-10(7-8-13-4-5-14-8)16(11,12)9-3-2-6-15-9/h2-3,6,8H,4-5,7H2,1H3. The molecule has 0 aliphatic carbocycles. The molecule has 2 rings (SSSR count). The van der Waals surface area contributed by atoms with Crippen molar-refractivity contribution in [3.8, 4) is 0 Å². The summed E-state index contributed by atoms with van der Waals surface area (Å²) >= 11 is 1.20. The van der Waals surface area contributed by atoms with Crippen molar-refractivity contribution >= 4 is 21.4 Å². The third-order valence-corrected chi connectivity index (χ3v) is 5.45. The lowest BCUT2D eigenvalue weighted by Crippen LogP contribution is -2.34. The predicted molar refractivity (Wildman–Crippen MR) is 59.8 cm³/mol. The van der Waals surface area contributed by atoms with Gasteiger partial charge in [0.2, 0.25) is 0 Å². The highest BCUT2D eigenvalue weighted by Crippen LogP contribution is 2.20. The Morgan fingerprint density at radius 1 is 1.50 bits per heavy atom. The first-order chi connectivity index (χ1) is 7.60. The molecular formula is C9H13NO4S2. The molecule has 0 spiro atoms. The van der Waals surface area contributed by atoms with Gasteiger partial charge in [0.15, 0.2) is 6.29 Å². The Bertz CT molecular complexity index is 422. The Morgan fingerprint density at radius 3 is 2.75 bits per heavy atom. The van der Waals surface area contributed by atoms with E-state index in [1.807, 2.05) is 0 Å². The zero-order valence-electron chi connectivity index (χ0n) is 8.83. The molecule has 0 radical (unpaired) electrons. The number of nitrogens with zero attached hydrogens (tertiary/aromatic N) is 1. The van der Waals surface area contributed by atoms with E-state index in [2.05, 4.69) is 0 Å². The van der Waals surface area contributed by atoms with Gasteiger partial charge >= 0.3 is 0 Å². The summed E-state index contributed by atoms with van der Waals surface area (Å²) < 4.78 is 36.0. The van der Waals surface area contributed by atoms with Gasteiger partial charge in [-0.2, -0.15) is 4.31 Å². The summed E-state index contributed by atoms with van der Waals surface area (Å²) in [5.41, 5.74) is 0. The molecule has 1 aliphatic rings. The number of hydrogen-bond donors (Lipinski definition) is 0. The Balaban J connectivity index is 2.06. The summed E-state index contributed by atoms with van der Waals surface area (Å²) in [5.74, 6) is 0. The molecule has 1 fully saturated rings. The lowest BCUT2D eigenvalue weighted by Gasteiger charge is -2.18. The maximum atomic E-state index is 12.0. The van der Waals surface area contributed by atoms with Crippen molar-refractivity contribution in [2.24, 2.45) is 0 Å². The lowest BCUT2D eigenvalue weighted by atomic mass is 10.6. The van der Waals surface area contributed by atoms with Gasteiger partial charge in [-0.05, 0) is 11.4 Å². The summed E-state index contributed by atoms with van der Waals surface area (Å²) in [7, 11) is -1.86. The van der Waals surface area contributed by atoms with E-state index in [0.29, 0.717) is 17.4 Å². The topological polar surface area (TPSA) is 55.8 Å². The van der Waals surface area contributed by atoms with Gasteiger partial charge in [0, 0.05) is 7.05 Å². The molecule has 1 aromatic heterocycles. The second kappa shape index (κ2) is 4.80. The zero-order chi connectivity index (χ0) is 11.6. The predicted octanol–water partition coefficient (Wildman–Crippen LogP) is 0.741. The van der Waals surface area contributed by atoms with Gasteiger partial charge in [0.25, 0.3) is 10.0 Å². The number of ether oxygens (including phenoxy) is 2. The number of sulfonamides is 1. The average Bonchev–Trinajstić information content (AvgIpc) is 2.89. The maximum Gasteiger partial charge on any atom is 0.252 e. The van der Waals surface area contributed by atoms with Crippen molar-refractivity contribution in [1.29, 1.82) is 0 Å². The molecule has 0 unspecified atom stereocenters. The quantitative estimate of drug-likeness (QED) is 0.804. The summed E-state index contributed by atoms with van der Waals surface area (Å²) in [6.45, 7) is 1.27. The minimum Gasteiger partial charge on any atom is -0.349 e. The van der Waals surface area contributed by atoms with Crippen LogP contribution < -0.4 is 0 Å². The molecule has 1 aliphatic heterocycles. The fourth-order valence-electron chi connectivity index (χ4n) is 1.38. The van der Waals surface area contributed by atoms with Crippen LogP contribution in [0.5, 0.6) is 0 Å². The van der Waals surface area contributed by atoms with Crippen LogP contribution in [-0.2, 0) is 19.5 Å². The zero-order valence-corrected chi connectivity index (χ0v) is 10.5. The van der Waals surface area contributed by atoms with Crippen molar-refractivity contribution < 1.29 is 17.9 Å². The Morgan fingerprint density at radius 2 is 2.19 bits per heavy atom. The monoisotopic (exact) mass is 263 g/mol. The molecule has 90 valence electrons. The normalized spacial score (nSPS) is 18.4. The molecule has 0 amide bonds.